The maximum absolute atomic E-state index is 11.5. The first-order valence-electron chi connectivity index (χ1n) is 4.49. The predicted molar refractivity (Wildman–Crippen MR) is 58.9 cm³/mol. The molecule has 0 radical (unpaired) electrons. The second-order valence-corrected chi connectivity index (χ2v) is 4.23. The minimum atomic E-state index is -0.624. The van der Waals surface area contributed by atoms with Crippen LogP contribution in [0.4, 0.5) is 0 Å². The van der Waals surface area contributed by atoms with Crippen molar-refractivity contribution >= 4 is 11.3 Å². The molecular formula is C9H9N3O3S. The number of aromatic nitrogens is 3. The first kappa shape index (κ1) is 10.6. The molecule has 0 saturated carbocycles. The highest BCUT2D eigenvalue weighted by Crippen LogP contribution is 2.13. The summed E-state index contributed by atoms with van der Waals surface area (Å²) in [4.78, 5) is 29.5. The Hall–Kier alpha value is -1.89. The molecule has 0 atom stereocenters. The van der Waals surface area contributed by atoms with Gasteiger partial charge in [0.15, 0.2) is 0 Å². The Morgan fingerprint density at radius 3 is 2.94 bits per heavy atom. The zero-order chi connectivity index (χ0) is 11.7. The van der Waals surface area contributed by atoms with Crippen molar-refractivity contribution in [1.82, 2.24) is 14.5 Å². The Balaban J connectivity index is 2.53. The van der Waals surface area contributed by atoms with Crippen LogP contribution in [0.1, 0.15) is 10.4 Å². The van der Waals surface area contributed by atoms with E-state index in [1.54, 1.807) is 11.7 Å². The van der Waals surface area contributed by atoms with E-state index in [9.17, 15) is 14.7 Å². The van der Waals surface area contributed by atoms with E-state index in [1.165, 1.54) is 18.3 Å². The predicted octanol–water partition coefficient (Wildman–Crippen LogP) is 0.0554. The van der Waals surface area contributed by atoms with E-state index >= 15 is 0 Å². The first-order chi connectivity index (χ1) is 7.59. The molecule has 7 heteroatoms. The number of rotatable bonds is 2. The van der Waals surface area contributed by atoms with Crippen molar-refractivity contribution in [3.05, 3.63) is 43.0 Å². The van der Waals surface area contributed by atoms with E-state index in [2.05, 4.69) is 9.97 Å². The summed E-state index contributed by atoms with van der Waals surface area (Å²) in [7, 11) is 0. The van der Waals surface area contributed by atoms with Gasteiger partial charge < -0.3 is 5.11 Å². The van der Waals surface area contributed by atoms with Gasteiger partial charge in [0, 0.05) is 11.1 Å². The average Bonchev–Trinajstić information content (AvgIpc) is 2.74. The number of nitrogens with zero attached hydrogens (tertiary/aromatic N) is 2. The molecule has 16 heavy (non-hydrogen) atoms. The summed E-state index contributed by atoms with van der Waals surface area (Å²) in [5.74, 6) is -0.304. The number of hydrogen-bond acceptors (Lipinski definition) is 5. The van der Waals surface area contributed by atoms with Gasteiger partial charge in [0.2, 0.25) is 5.88 Å². The van der Waals surface area contributed by atoms with Crippen molar-refractivity contribution in [3.63, 3.8) is 0 Å². The highest BCUT2D eigenvalue weighted by Gasteiger charge is 2.10. The fourth-order valence-electron chi connectivity index (χ4n) is 1.28. The monoisotopic (exact) mass is 239 g/mol. The molecule has 6 nitrogen and oxygen atoms in total. The standard InChI is InChI=1S/C9H9N3O3S/c1-5-7(13)11-9(15)12(8(5)14)3-6-2-10-4-16-6/h2,4,14H,3H2,1H3,(H,11,13,15). The van der Waals surface area contributed by atoms with E-state index in [-0.39, 0.29) is 18.0 Å². The molecule has 0 unspecified atom stereocenters. The lowest BCUT2D eigenvalue weighted by Gasteiger charge is -2.07. The summed E-state index contributed by atoms with van der Waals surface area (Å²) in [6.45, 7) is 1.66. The Labute approximate surface area is 93.8 Å². The highest BCUT2D eigenvalue weighted by molar-refractivity contribution is 7.09. The molecule has 2 rings (SSSR count). The van der Waals surface area contributed by atoms with E-state index in [1.807, 2.05) is 0 Å². The molecule has 0 aliphatic carbocycles. The van der Waals surface area contributed by atoms with Gasteiger partial charge in [-0.15, -0.1) is 11.3 Å². The lowest BCUT2D eigenvalue weighted by molar-refractivity contribution is 0.405. The summed E-state index contributed by atoms with van der Waals surface area (Å²) in [6.07, 6.45) is 1.61. The Bertz CT molecular complexity index is 612. The third-order valence-electron chi connectivity index (χ3n) is 2.19. The van der Waals surface area contributed by atoms with Gasteiger partial charge in [0.05, 0.1) is 17.6 Å². The van der Waals surface area contributed by atoms with Gasteiger partial charge in [-0.2, -0.15) is 0 Å². The molecule has 2 aromatic rings. The van der Waals surface area contributed by atoms with Crippen molar-refractivity contribution in [3.8, 4) is 5.88 Å². The van der Waals surface area contributed by atoms with Crippen LogP contribution in [-0.4, -0.2) is 19.6 Å². The molecule has 0 aliphatic rings. The molecule has 0 saturated heterocycles. The molecule has 0 fully saturated rings. The first-order valence-corrected chi connectivity index (χ1v) is 5.37. The van der Waals surface area contributed by atoms with Gasteiger partial charge in [-0.3, -0.25) is 19.3 Å². The van der Waals surface area contributed by atoms with Crippen molar-refractivity contribution < 1.29 is 5.11 Å². The van der Waals surface area contributed by atoms with Crippen molar-refractivity contribution in [2.45, 2.75) is 13.5 Å². The van der Waals surface area contributed by atoms with Crippen LogP contribution >= 0.6 is 11.3 Å². The van der Waals surface area contributed by atoms with Crippen LogP contribution in [-0.2, 0) is 6.54 Å². The summed E-state index contributed by atoms with van der Waals surface area (Å²) in [6, 6.07) is 0. The van der Waals surface area contributed by atoms with E-state index in [4.69, 9.17) is 0 Å². The maximum atomic E-state index is 11.5. The molecule has 0 aliphatic heterocycles. The molecule has 0 amide bonds. The minimum Gasteiger partial charge on any atom is -0.494 e. The van der Waals surface area contributed by atoms with Crippen LogP contribution < -0.4 is 11.2 Å². The summed E-state index contributed by atoms with van der Waals surface area (Å²) < 4.78 is 1.10. The number of aromatic hydroxyl groups is 1. The molecule has 0 spiro atoms. The Morgan fingerprint density at radius 2 is 2.31 bits per heavy atom. The van der Waals surface area contributed by atoms with Gasteiger partial charge in [-0.1, -0.05) is 0 Å². The van der Waals surface area contributed by atoms with Crippen LogP contribution in [0.3, 0.4) is 0 Å². The van der Waals surface area contributed by atoms with Crippen molar-refractivity contribution in [1.29, 1.82) is 0 Å². The third kappa shape index (κ3) is 1.76. The summed E-state index contributed by atoms with van der Waals surface area (Å²) in [5, 5.41) is 9.69. The van der Waals surface area contributed by atoms with Gasteiger partial charge >= 0.3 is 5.69 Å². The fraction of sp³-hybridized carbons (Fsp3) is 0.222. The molecule has 2 aromatic heterocycles. The Morgan fingerprint density at radius 1 is 1.56 bits per heavy atom. The second-order valence-electron chi connectivity index (χ2n) is 3.26. The minimum absolute atomic E-state index is 0.129. The number of thiazole rings is 1. The summed E-state index contributed by atoms with van der Waals surface area (Å²) >= 11 is 1.37. The number of nitrogens with one attached hydrogen (secondary N) is 1. The van der Waals surface area contributed by atoms with Crippen molar-refractivity contribution in [2.24, 2.45) is 0 Å². The quantitative estimate of drug-likeness (QED) is 0.775. The highest BCUT2D eigenvalue weighted by atomic mass is 32.1. The lowest BCUT2D eigenvalue weighted by Crippen LogP contribution is -2.31. The number of hydrogen-bond donors (Lipinski definition) is 2. The molecular weight excluding hydrogens is 230 g/mol. The van der Waals surface area contributed by atoms with Gasteiger partial charge in [0.1, 0.15) is 0 Å². The van der Waals surface area contributed by atoms with Gasteiger partial charge in [0.25, 0.3) is 5.56 Å². The smallest absolute Gasteiger partial charge is 0.331 e. The molecule has 0 aromatic carbocycles. The zero-order valence-electron chi connectivity index (χ0n) is 8.43. The van der Waals surface area contributed by atoms with E-state index < -0.39 is 11.2 Å². The van der Waals surface area contributed by atoms with Crippen LogP contribution in [0.25, 0.3) is 0 Å². The van der Waals surface area contributed by atoms with Crippen LogP contribution in [0.5, 0.6) is 5.88 Å². The zero-order valence-corrected chi connectivity index (χ0v) is 9.24. The van der Waals surface area contributed by atoms with Crippen molar-refractivity contribution in [2.75, 3.05) is 0 Å². The van der Waals surface area contributed by atoms with Gasteiger partial charge in [-0.05, 0) is 6.92 Å². The molecule has 84 valence electrons. The number of H-pyrrole nitrogens is 1. The van der Waals surface area contributed by atoms with Crippen LogP contribution in [0.2, 0.25) is 0 Å². The molecule has 2 heterocycles. The average molecular weight is 239 g/mol. The van der Waals surface area contributed by atoms with E-state index in [0.29, 0.717) is 0 Å². The lowest BCUT2D eigenvalue weighted by atomic mass is 10.3. The van der Waals surface area contributed by atoms with E-state index in [0.717, 1.165) is 9.44 Å². The fourth-order valence-corrected chi connectivity index (χ4v) is 1.86. The molecule has 0 bridgehead atoms. The SMILES string of the molecule is Cc1c(O)n(Cc2cncs2)c(=O)[nH]c1=O. The topological polar surface area (TPSA) is 88.0 Å². The Kier molecular flexibility index (Phi) is 2.61. The van der Waals surface area contributed by atoms with Crippen LogP contribution in [0, 0.1) is 6.92 Å². The number of aromatic amines is 1. The third-order valence-corrected chi connectivity index (χ3v) is 2.96. The van der Waals surface area contributed by atoms with Gasteiger partial charge in [-0.25, -0.2) is 4.79 Å². The maximum Gasteiger partial charge on any atom is 0.331 e. The normalized spacial score (nSPS) is 10.6. The second kappa shape index (κ2) is 3.93. The van der Waals surface area contributed by atoms with Crippen LogP contribution in [0.15, 0.2) is 21.3 Å². The largest absolute Gasteiger partial charge is 0.494 e. The molecule has 2 N–H and O–H groups in total. The summed E-state index contributed by atoms with van der Waals surface area (Å²) in [5.41, 5.74) is 0.573.